The molecule has 0 saturated heterocycles. The molecule has 0 atom stereocenters. The molecule has 0 aromatic heterocycles. The SMILES string of the molecule is CCCCNc1ccc(C(=O)OCCOCCOCCOCCOCCOCCOCCOCCOCCOC)cc1.[H-].[Na+]. The Balaban J connectivity index is 0. The van der Waals surface area contributed by atoms with E-state index in [2.05, 4.69) is 12.2 Å². The number of hydrogen-bond acceptors (Lipinski definition) is 12. The predicted octanol–water partition coefficient (Wildman–Crippen LogP) is -0.0489. The number of carbonyl (C=O) groups is 1. The number of unbranched alkanes of at least 4 members (excludes halogenated alkanes) is 1. The monoisotopic (exact) mass is 627 g/mol. The van der Waals surface area contributed by atoms with Crippen LogP contribution in [-0.4, -0.2) is 139 Å². The van der Waals surface area contributed by atoms with Gasteiger partial charge in [-0.1, -0.05) is 13.3 Å². The second kappa shape index (κ2) is 34.0. The van der Waals surface area contributed by atoms with E-state index in [0.29, 0.717) is 118 Å². The number of carbonyl (C=O) groups excluding carboxylic acids is 1. The molecule has 0 spiro atoms. The van der Waals surface area contributed by atoms with Crippen molar-refractivity contribution in [3.63, 3.8) is 0 Å². The minimum Gasteiger partial charge on any atom is -1.00 e. The minimum absolute atomic E-state index is 0. The second-order valence-electron chi connectivity index (χ2n) is 8.89. The summed E-state index contributed by atoms with van der Waals surface area (Å²) in [5.74, 6) is -0.358. The van der Waals surface area contributed by atoms with Crippen LogP contribution in [0.25, 0.3) is 0 Å². The summed E-state index contributed by atoms with van der Waals surface area (Å²) in [6, 6.07) is 7.29. The van der Waals surface area contributed by atoms with Crippen molar-refractivity contribution in [3.8, 4) is 0 Å². The van der Waals surface area contributed by atoms with E-state index in [1.54, 1.807) is 19.2 Å². The summed E-state index contributed by atoms with van der Waals surface area (Å²) < 4.78 is 53.5. The fourth-order valence-electron chi connectivity index (χ4n) is 3.19. The quantitative estimate of drug-likeness (QED) is 0.0655. The third-order valence-electron chi connectivity index (χ3n) is 5.48. The van der Waals surface area contributed by atoms with E-state index in [-0.39, 0.29) is 43.6 Å². The zero-order chi connectivity index (χ0) is 30.2. The first-order chi connectivity index (χ1) is 20.8. The number of hydrogen-bond donors (Lipinski definition) is 1. The molecule has 0 saturated carbocycles. The Bertz CT molecular complexity index is 723. The van der Waals surface area contributed by atoms with Gasteiger partial charge in [0.25, 0.3) is 0 Å². The summed E-state index contributed by atoms with van der Waals surface area (Å²) in [4.78, 5) is 12.1. The smallest absolute Gasteiger partial charge is 1.00 e. The van der Waals surface area contributed by atoms with Gasteiger partial charge in [-0.3, -0.25) is 0 Å². The molecule has 1 aromatic carbocycles. The predicted molar refractivity (Wildman–Crippen MR) is 160 cm³/mol. The van der Waals surface area contributed by atoms with Gasteiger partial charge in [-0.2, -0.15) is 0 Å². The van der Waals surface area contributed by atoms with Gasteiger partial charge in [-0.25, -0.2) is 4.79 Å². The second-order valence-corrected chi connectivity index (χ2v) is 8.89. The van der Waals surface area contributed by atoms with Gasteiger partial charge in [0.15, 0.2) is 0 Å². The first-order valence-corrected chi connectivity index (χ1v) is 14.9. The number of methoxy groups -OCH3 is 1. The molecule has 0 aliphatic rings. The molecule has 0 bridgehead atoms. The van der Waals surface area contributed by atoms with Gasteiger partial charge in [-0.15, -0.1) is 0 Å². The van der Waals surface area contributed by atoms with Crippen molar-refractivity contribution in [3.05, 3.63) is 29.8 Å². The standard InChI is InChI=1S/C30H53NO11.Na.H/c1-3-4-9-31-29-7-5-28(6-8-29)30(32)42-27-26-41-25-24-40-23-22-39-21-20-38-19-18-37-17-16-36-15-14-35-13-12-34-11-10-33-2;;/h5-8,31H,3-4,9-27H2,1-2H3;;/q;+1;-1. The zero-order valence-corrected chi connectivity index (χ0v) is 28.6. The van der Waals surface area contributed by atoms with E-state index < -0.39 is 0 Å². The van der Waals surface area contributed by atoms with Crippen LogP contribution in [0.5, 0.6) is 0 Å². The molecule has 1 N–H and O–H groups in total. The van der Waals surface area contributed by atoms with E-state index in [0.717, 1.165) is 25.1 Å². The van der Waals surface area contributed by atoms with Crippen LogP contribution in [0.15, 0.2) is 24.3 Å². The van der Waals surface area contributed by atoms with Crippen molar-refractivity contribution in [2.24, 2.45) is 0 Å². The molecular weight excluding hydrogens is 573 g/mol. The van der Waals surface area contributed by atoms with Gasteiger partial charge in [0.2, 0.25) is 0 Å². The number of benzene rings is 1. The molecule has 0 radical (unpaired) electrons. The summed E-state index contributed by atoms with van der Waals surface area (Å²) in [5, 5.41) is 3.32. The van der Waals surface area contributed by atoms with Crippen molar-refractivity contribution in [2.45, 2.75) is 19.8 Å². The maximum Gasteiger partial charge on any atom is 1.00 e. The number of nitrogens with one attached hydrogen (secondary N) is 1. The topological polar surface area (TPSA) is 121 Å². The Labute approximate surface area is 281 Å². The van der Waals surface area contributed by atoms with E-state index in [1.165, 1.54) is 0 Å². The fraction of sp³-hybridized carbons (Fsp3) is 0.767. The Hall–Kier alpha value is -0.870. The largest absolute Gasteiger partial charge is 1.00 e. The zero-order valence-electron chi connectivity index (χ0n) is 27.6. The summed E-state index contributed by atoms with van der Waals surface area (Å²) in [5.41, 5.74) is 1.52. The summed E-state index contributed by atoms with van der Waals surface area (Å²) >= 11 is 0. The van der Waals surface area contributed by atoms with Crippen LogP contribution in [0, 0.1) is 0 Å². The summed E-state index contributed by atoms with van der Waals surface area (Å²) in [6.07, 6.45) is 2.25. The fourth-order valence-corrected chi connectivity index (χ4v) is 3.19. The van der Waals surface area contributed by atoms with Crippen molar-refractivity contribution in [1.29, 1.82) is 0 Å². The number of anilines is 1. The van der Waals surface area contributed by atoms with Crippen LogP contribution < -0.4 is 34.9 Å². The molecule has 1 rings (SSSR count). The molecular formula is C30H54NNaO11. The van der Waals surface area contributed by atoms with Gasteiger partial charge in [-0.05, 0) is 30.7 Å². The molecule has 1 aromatic rings. The number of esters is 1. The Morgan fingerprint density at radius 2 is 0.930 bits per heavy atom. The van der Waals surface area contributed by atoms with Gasteiger partial charge in [0, 0.05) is 19.3 Å². The number of ether oxygens (including phenoxy) is 10. The normalized spacial score (nSPS) is 10.9. The van der Waals surface area contributed by atoms with Gasteiger partial charge in [0.1, 0.15) is 6.61 Å². The molecule has 13 heteroatoms. The maximum absolute atomic E-state index is 12.1. The molecule has 12 nitrogen and oxygen atoms in total. The van der Waals surface area contributed by atoms with Gasteiger partial charge in [0.05, 0.1) is 118 Å². The number of rotatable bonds is 32. The summed E-state index contributed by atoms with van der Waals surface area (Å²) in [6.45, 7) is 11.7. The maximum atomic E-state index is 12.1. The average molecular weight is 628 g/mol. The third kappa shape index (κ3) is 28.4. The molecule has 246 valence electrons. The molecule has 43 heavy (non-hydrogen) atoms. The van der Waals surface area contributed by atoms with E-state index in [9.17, 15) is 4.79 Å². The first kappa shape index (κ1) is 42.1. The van der Waals surface area contributed by atoms with E-state index in [4.69, 9.17) is 47.4 Å². The van der Waals surface area contributed by atoms with Crippen molar-refractivity contribution in [1.82, 2.24) is 0 Å². The van der Waals surface area contributed by atoms with Gasteiger partial charge < -0.3 is 54.1 Å². The first-order valence-electron chi connectivity index (χ1n) is 14.9. The van der Waals surface area contributed by atoms with Crippen LogP contribution in [0.3, 0.4) is 0 Å². The third-order valence-corrected chi connectivity index (χ3v) is 5.48. The molecule has 0 heterocycles. The van der Waals surface area contributed by atoms with Crippen LogP contribution in [-0.2, 0) is 47.4 Å². The molecule has 0 amide bonds. The molecule has 0 unspecified atom stereocenters. The molecule has 0 aliphatic carbocycles. The van der Waals surface area contributed by atoms with E-state index >= 15 is 0 Å². The molecule has 0 aliphatic heterocycles. The van der Waals surface area contributed by atoms with Crippen LogP contribution in [0.1, 0.15) is 31.6 Å². The van der Waals surface area contributed by atoms with Crippen molar-refractivity contribution in [2.75, 3.05) is 138 Å². The van der Waals surface area contributed by atoms with Crippen molar-refractivity contribution < 1.29 is 83.1 Å². The van der Waals surface area contributed by atoms with Crippen LogP contribution in [0.2, 0.25) is 0 Å². The Morgan fingerprint density at radius 1 is 0.581 bits per heavy atom. The van der Waals surface area contributed by atoms with Crippen LogP contribution in [0.4, 0.5) is 5.69 Å². The minimum atomic E-state index is -0.358. The average Bonchev–Trinajstić information content (AvgIpc) is 3.01. The van der Waals surface area contributed by atoms with Crippen molar-refractivity contribution >= 4 is 11.7 Å². The van der Waals surface area contributed by atoms with Gasteiger partial charge >= 0.3 is 35.5 Å². The Morgan fingerprint density at radius 3 is 1.28 bits per heavy atom. The van der Waals surface area contributed by atoms with E-state index in [1.807, 2.05) is 12.1 Å². The van der Waals surface area contributed by atoms with Crippen LogP contribution >= 0.6 is 0 Å². The Kier molecular flexibility index (Phi) is 33.3. The summed E-state index contributed by atoms with van der Waals surface area (Å²) in [7, 11) is 1.64. The molecule has 0 fully saturated rings.